The van der Waals surface area contributed by atoms with Crippen molar-refractivity contribution in [3.8, 4) is 5.75 Å². The van der Waals surface area contributed by atoms with E-state index in [2.05, 4.69) is 5.32 Å². The van der Waals surface area contributed by atoms with Gasteiger partial charge in [0.25, 0.3) is 0 Å². The molecular formula is C23H30N4O3. The van der Waals surface area contributed by atoms with Crippen molar-refractivity contribution in [3.05, 3.63) is 64.2 Å². The number of aryl methyl sites for hydroxylation is 2. The fourth-order valence-electron chi connectivity index (χ4n) is 4.11. The van der Waals surface area contributed by atoms with Crippen LogP contribution in [0.3, 0.4) is 0 Å². The maximum absolute atomic E-state index is 13.3. The van der Waals surface area contributed by atoms with E-state index in [1.54, 1.807) is 17.0 Å². The van der Waals surface area contributed by atoms with E-state index in [4.69, 9.17) is 11.5 Å². The van der Waals surface area contributed by atoms with Gasteiger partial charge in [0.1, 0.15) is 11.8 Å². The summed E-state index contributed by atoms with van der Waals surface area (Å²) in [5.41, 5.74) is 16.7. The van der Waals surface area contributed by atoms with E-state index in [9.17, 15) is 14.7 Å². The van der Waals surface area contributed by atoms with Gasteiger partial charge in [-0.15, -0.1) is 0 Å². The van der Waals surface area contributed by atoms with Crippen molar-refractivity contribution in [2.45, 2.75) is 45.3 Å². The predicted octanol–water partition coefficient (Wildman–Crippen LogP) is 0.907. The lowest BCUT2D eigenvalue weighted by Crippen LogP contribution is -2.57. The number of hydrogen-bond acceptors (Lipinski definition) is 5. The Morgan fingerprint density at radius 2 is 1.83 bits per heavy atom. The number of rotatable bonds is 6. The molecule has 2 unspecified atom stereocenters. The average molecular weight is 411 g/mol. The van der Waals surface area contributed by atoms with Gasteiger partial charge in [-0.05, 0) is 60.2 Å². The van der Waals surface area contributed by atoms with Crippen LogP contribution in [0.25, 0.3) is 0 Å². The minimum atomic E-state index is -0.790. The number of carbonyl (C=O) groups is 2. The quantitative estimate of drug-likeness (QED) is 0.564. The maximum atomic E-state index is 13.3. The van der Waals surface area contributed by atoms with Crippen molar-refractivity contribution in [3.63, 3.8) is 0 Å². The van der Waals surface area contributed by atoms with Crippen LogP contribution in [0.15, 0.2) is 36.4 Å². The molecule has 0 fully saturated rings. The Bertz CT molecular complexity index is 921. The maximum Gasteiger partial charge on any atom is 0.243 e. The fourth-order valence-corrected chi connectivity index (χ4v) is 4.11. The normalized spacial score (nSPS) is 16.7. The molecule has 0 aliphatic carbocycles. The Morgan fingerprint density at radius 3 is 2.47 bits per heavy atom. The van der Waals surface area contributed by atoms with E-state index in [-0.39, 0.29) is 17.6 Å². The third kappa shape index (κ3) is 4.63. The van der Waals surface area contributed by atoms with E-state index < -0.39 is 12.1 Å². The van der Waals surface area contributed by atoms with E-state index in [0.717, 1.165) is 27.8 Å². The zero-order valence-corrected chi connectivity index (χ0v) is 17.5. The number of nitrogens with two attached hydrogens (primary N) is 2. The van der Waals surface area contributed by atoms with Gasteiger partial charge < -0.3 is 26.8 Å². The third-order valence-corrected chi connectivity index (χ3v) is 5.70. The molecule has 0 radical (unpaired) electrons. The fraction of sp³-hybridized carbons (Fsp3) is 0.391. The lowest BCUT2D eigenvalue weighted by Gasteiger charge is -2.37. The molecule has 160 valence electrons. The van der Waals surface area contributed by atoms with Crippen molar-refractivity contribution < 1.29 is 14.7 Å². The zero-order chi connectivity index (χ0) is 21.8. The molecule has 2 aromatic carbocycles. The molecule has 0 saturated heterocycles. The highest BCUT2D eigenvalue weighted by Gasteiger charge is 2.36. The highest BCUT2D eigenvalue weighted by atomic mass is 16.3. The van der Waals surface area contributed by atoms with E-state index in [1.165, 1.54) is 0 Å². The Labute approximate surface area is 177 Å². The monoisotopic (exact) mass is 410 g/mol. The summed E-state index contributed by atoms with van der Waals surface area (Å²) < 4.78 is 0. The first kappa shape index (κ1) is 21.8. The number of amides is 2. The minimum Gasteiger partial charge on any atom is -0.508 e. The largest absolute Gasteiger partial charge is 0.508 e. The second kappa shape index (κ2) is 9.28. The molecule has 6 N–H and O–H groups in total. The topological polar surface area (TPSA) is 122 Å². The molecule has 1 heterocycles. The van der Waals surface area contributed by atoms with E-state index in [1.807, 2.05) is 38.1 Å². The second-order valence-corrected chi connectivity index (χ2v) is 7.90. The van der Waals surface area contributed by atoms with Gasteiger partial charge in [0.05, 0.1) is 6.04 Å². The van der Waals surface area contributed by atoms with Gasteiger partial charge in [-0.2, -0.15) is 0 Å². The number of aromatic hydroxyl groups is 1. The van der Waals surface area contributed by atoms with Gasteiger partial charge in [-0.3, -0.25) is 9.59 Å². The Hall–Kier alpha value is -2.90. The molecule has 0 saturated carbocycles. The molecular weight excluding hydrogens is 380 g/mol. The molecule has 1 aliphatic rings. The number of benzene rings is 2. The predicted molar refractivity (Wildman–Crippen MR) is 116 cm³/mol. The smallest absolute Gasteiger partial charge is 0.243 e. The van der Waals surface area contributed by atoms with Crippen molar-refractivity contribution >= 4 is 11.8 Å². The molecule has 7 nitrogen and oxygen atoms in total. The van der Waals surface area contributed by atoms with Crippen LogP contribution in [0.4, 0.5) is 0 Å². The molecule has 2 atom stereocenters. The average Bonchev–Trinajstić information content (AvgIpc) is 2.72. The van der Waals surface area contributed by atoms with Crippen LogP contribution in [0.2, 0.25) is 0 Å². The van der Waals surface area contributed by atoms with Crippen LogP contribution in [0, 0.1) is 13.8 Å². The minimum absolute atomic E-state index is 0.193. The number of nitrogens with one attached hydrogen (secondary N) is 1. The summed E-state index contributed by atoms with van der Waals surface area (Å²) in [5, 5.41) is 12.6. The van der Waals surface area contributed by atoms with Gasteiger partial charge in [0.2, 0.25) is 11.8 Å². The summed E-state index contributed by atoms with van der Waals surface area (Å²) in [6.45, 7) is 4.81. The number of fused-ring (bicyclic) bond motifs is 1. The summed E-state index contributed by atoms with van der Waals surface area (Å²) >= 11 is 0. The highest BCUT2D eigenvalue weighted by molar-refractivity contribution is 5.90. The summed E-state index contributed by atoms with van der Waals surface area (Å²) in [5.74, 6) is -0.283. The number of hydrogen-bond donors (Lipinski definition) is 4. The van der Waals surface area contributed by atoms with Crippen LogP contribution < -0.4 is 16.8 Å². The Kier molecular flexibility index (Phi) is 6.74. The number of phenols is 1. The second-order valence-electron chi connectivity index (χ2n) is 7.90. The Morgan fingerprint density at radius 1 is 1.20 bits per heavy atom. The molecule has 0 spiro atoms. The van der Waals surface area contributed by atoms with Crippen LogP contribution in [-0.2, 0) is 29.0 Å². The van der Waals surface area contributed by atoms with Gasteiger partial charge >= 0.3 is 0 Å². The van der Waals surface area contributed by atoms with Crippen LogP contribution in [-0.4, -0.2) is 47.0 Å². The standard InChI is InChI=1S/C23H30N4O3/c1-14-9-18(28)10-15(2)19(14)12-20(25)23(30)27-13-17-6-4-3-5-16(17)11-21(27)22(29)26-8-7-24/h3-6,9-10,20-21,28H,7-8,11-13,24-25H2,1-2H3,(H,26,29). The molecule has 2 aromatic rings. The first-order valence-corrected chi connectivity index (χ1v) is 10.2. The van der Waals surface area contributed by atoms with Crippen molar-refractivity contribution in [2.75, 3.05) is 13.1 Å². The van der Waals surface area contributed by atoms with E-state index in [0.29, 0.717) is 32.5 Å². The summed E-state index contributed by atoms with van der Waals surface area (Å²) in [4.78, 5) is 27.7. The molecule has 7 heteroatoms. The van der Waals surface area contributed by atoms with Crippen molar-refractivity contribution in [1.82, 2.24) is 10.2 Å². The Balaban J connectivity index is 1.84. The third-order valence-electron chi connectivity index (χ3n) is 5.70. The lowest BCUT2D eigenvalue weighted by molar-refractivity contribution is -0.142. The van der Waals surface area contributed by atoms with Gasteiger partial charge in [0.15, 0.2) is 0 Å². The first-order valence-electron chi connectivity index (χ1n) is 10.2. The summed E-state index contributed by atoms with van der Waals surface area (Å²) in [7, 11) is 0. The van der Waals surface area contributed by atoms with Gasteiger partial charge in [-0.1, -0.05) is 24.3 Å². The van der Waals surface area contributed by atoms with Crippen LogP contribution in [0.5, 0.6) is 5.75 Å². The molecule has 3 rings (SSSR count). The zero-order valence-electron chi connectivity index (χ0n) is 17.5. The van der Waals surface area contributed by atoms with Gasteiger partial charge in [0, 0.05) is 26.1 Å². The van der Waals surface area contributed by atoms with Gasteiger partial charge in [-0.25, -0.2) is 0 Å². The van der Waals surface area contributed by atoms with Crippen LogP contribution >= 0.6 is 0 Å². The summed E-state index contributed by atoms with van der Waals surface area (Å²) in [6, 6.07) is 9.76. The summed E-state index contributed by atoms with van der Waals surface area (Å²) in [6.07, 6.45) is 0.786. The van der Waals surface area contributed by atoms with Crippen molar-refractivity contribution in [1.29, 1.82) is 0 Å². The molecule has 0 aromatic heterocycles. The number of phenolic OH excluding ortho intramolecular Hbond substituents is 1. The van der Waals surface area contributed by atoms with E-state index >= 15 is 0 Å². The molecule has 1 aliphatic heterocycles. The number of carbonyl (C=O) groups excluding carboxylic acids is 2. The lowest BCUT2D eigenvalue weighted by atomic mass is 9.91. The molecule has 30 heavy (non-hydrogen) atoms. The molecule has 0 bridgehead atoms. The highest BCUT2D eigenvalue weighted by Crippen LogP contribution is 2.26. The molecule has 2 amide bonds. The number of nitrogens with zero attached hydrogens (tertiary/aromatic N) is 1. The SMILES string of the molecule is Cc1cc(O)cc(C)c1CC(N)C(=O)N1Cc2ccccc2CC1C(=O)NCCN. The first-order chi connectivity index (χ1) is 14.3. The van der Waals surface area contributed by atoms with Crippen molar-refractivity contribution in [2.24, 2.45) is 11.5 Å². The van der Waals surface area contributed by atoms with Crippen LogP contribution in [0.1, 0.15) is 27.8 Å².